The summed E-state index contributed by atoms with van der Waals surface area (Å²) < 4.78 is 0. The fraction of sp³-hybridized carbons (Fsp3) is 0.0769. The van der Waals surface area contributed by atoms with Crippen molar-refractivity contribution in [3.05, 3.63) is 59.7 Å². The predicted molar refractivity (Wildman–Crippen MR) is 62.1 cm³/mol. The summed E-state index contributed by atoms with van der Waals surface area (Å²) in [5, 5.41) is 0. The predicted octanol–water partition coefficient (Wildman–Crippen LogP) is 2.96. The maximum absolute atomic E-state index is 4.37. The van der Waals surface area contributed by atoms with E-state index in [-0.39, 0.29) is 0 Å². The lowest BCUT2D eigenvalue weighted by Gasteiger charge is -1.94. The highest BCUT2D eigenvalue weighted by Crippen LogP contribution is 2.04. The molecule has 0 unspecified atom stereocenters. The van der Waals surface area contributed by atoms with Crippen LogP contribution >= 0.6 is 0 Å². The molecule has 0 radical (unpaired) electrons. The Balaban J connectivity index is 2.19. The maximum atomic E-state index is 4.37. The Morgan fingerprint density at radius 1 is 0.933 bits per heavy atom. The minimum atomic E-state index is 0.945. The van der Waals surface area contributed by atoms with Gasteiger partial charge < -0.3 is 0 Å². The molecule has 2 nitrogen and oxygen atoms in total. The SMILES string of the molecule is Cc1cccc(C=Cc2ccccn2)n1. The lowest BCUT2D eigenvalue weighted by Crippen LogP contribution is -1.83. The molecule has 0 saturated carbocycles. The Morgan fingerprint density at radius 2 is 1.73 bits per heavy atom. The largest absolute Gasteiger partial charge is 0.257 e. The van der Waals surface area contributed by atoms with Gasteiger partial charge >= 0.3 is 0 Å². The fourth-order valence-corrected chi connectivity index (χ4v) is 1.30. The average molecular weight is 196 g/mol. The topological polar surface area (TPSA) is 25.8 Å². The standard InChI is InChI=1S/C13H12N2/c1-11-5-4-7-13(15-11)9-8-12-6-2-3-10-14-12/h2-10H,1H3. The van der Waals surface area contributed by atoms with Crippen LogP contribution in [0.4, 0.5) is 0 Å². The van der Waals surface area contributed by atoms with E-state index in [0.717, 1.165) is 17.1 Å². The summed E-state index contributed by atoms with van der Waals surface area (Å²) in [5.41, 5.74) is 2.93. The van der Waals surface area contributed by atoms with Crippen LogP contribution < -0.4 is 0 Å². The Kier molecular flexibility index (Phi) is 2.88. The minimum absolute atomic E-state index is 0.945. The number of hydrogen-bond acceptors (Lipinski definition) is 2. The highest BCUT2D eigenvalue weighted by Gasteiger charge is 1.89. The molecule has 0 bridgehead atoms. The van der Waals surface area contributed by atoms with Crippen molar-refractivity contribution in [2.45, 2.75) is 6.92 Å². The van der Waals surface area contributed by atoms with Crippen LogP contribution in [0.5, 0.6) is 0 Å². The van der Waals surface area contributed by atoms with Crippen molar-refractivity contribution in [3.63, 3.8) is 0 Å². The number of pyridine rings is 2. The zero-order chi connectivity index (χ0) is 10.5. The number of aryl methyl sites for hydroxylation is 1. The smallest absolute Gasteiger partial charge is 0.0633 e. The van der Waals surface area contributed by atoms with E-state index < -0.39 is 0 Å². The summed E-state index contributed by atoms with van der Waals surface area (Å²) in [6.45, 7) is 1.98. The molecule has 0 N–H and O–H groups in total. The highest BCUT2D eigenvalue weighted by molar-refractivity contribution is 5.65. The number of hydrogen-bond donors (Lipinski definition) is 0. The maximum Gasteiger partial charge on any atom is 0.0633 e. The molecule has 0 aliphatic rings. The van der Waals surface area contributed by atoms with Crippen LogP contribution in [0.1, 0.15) is 17.1 Å². The van der Waals surface area contributed by atoms with Crippen molar-refractivity contribution in [3.8, 4) is 0 Å². The van der Waals surface area contributed by atoms with E-state index in [1.165, 1.54) is 0 Å². The molecule has 0 saturated heterocycles. The molecule has 2 heteroatoms. The van der Waals surface area contributed by atoms with E-state index in [2.05, 4.69) is 9.97 Å². The minimum Gasteiger partial charge on any atom is -0.257 e. The second-order valence-electron chi connectivity index (χ2n) is 3.29. The number of nitrogens with zero attached hydrogens (tertiary/aromatic N) is 2. The van der Waals surface area contributed by atoms with Gasteiger partial charge in [0.1, 0.15) is 0 Å². The van der Waals surface area contributed by atoms with Crippen molar-refractivity contribution in [2.75, 3.05) is 0 Å². The second kappa shape index (κ2) is 4.51. The van der Waals surface area contributed by atoms with Gasteiger partial charge in [0.05, 0.1) is 11.4 Å². The van der Waals surface area contributed by atoms with Gasteiger partial charge in [0, 0.05) is 11.9 Å². The van der Waals surface area contributed by atoms with E-state index in [4.69, 9.17) is 0 Å². The van der Waals surface area contributed by atoms with Crippen LogP contribution in [-0.2, 0) is 0 Å². The van der Waals surface area contributed by atoms with Crippen molar-refractivity contribution in [1.82, 2.24) is 9.97 Å². The summed E-state index contributed by atoms with van der Waals surface area (Å²) in [4.78, 5) is 8.58. The lowest BCUT2D eigenvalue weighted by atomic mass is 10.2. The van der Waals surface area contributed by atoms with Crippen molar-refractivity contribution >= 4 is 12.2 Å². The molecule has 2 heterocycles. The molecule has 2 aromatic heterocycles. The zero-order valence-corrected chi connectivity index (χ0v) is 8.59. The van der Waals surface area contributed by atoms with Crippen LogP contribution in [0.3, 0.4) is 0 Å². The molecule has 0 amide bonds. The molecule has 0 aromatic carbocycles. The number of aromatic nitrogens is 2. The van der Waals surface area contributed by atoms with Crippen LogP contribution in [-0.4, -0.2) is 9.97 Å². The first kappa shape index (κ1) is 9.59. The molecule has 0 fully saturated rings. The Labute approximate surface area is 89.3 Å². The van der Waals surface area contributed by atoms with Crippen LogP contribution in [0.25, 0.3) is 12.2 Å². The third-order valence-electron chi connectivity index (χ3n) is 2.02. The monoisotopic (exact) mass is 196 g/mol. The van der Waals surface area contributed by atoms with Gasteiger partial charge in [0.25, 0.3) is 0 Å². The van der Waals surface area contributed by atoms with Crippen LogP contribution in [0.2, 0.25) is 0 Å². The Bertz CT molecular complexity index is 461. The van der Waals surface area contributed by atoms with E-state index >= 15 is 0 Å². The molecule has 0 aliphatic heterocycles. The van der Waals surface area contributed by atoms with Crippen molar-refractivity contribution < 1.29 is 0 Å². The second-order valence-corrected chi connectivity index (χ2v) is 3.29. The van der Waals surface area contributed by atoms with E-state index in [1.807, 2.05) is 55.5 Å². The Morgan fingerprint density at radius 3 is 2.47 bits per heavy atom. The number of rotatable bonds is 2. The summed E-state index contributed by atoms with van der Waals surface area (Å²) in [6.07, 6.45) is 5.71. The van der Waals surface area contributed by atoms with Gasteiger partial charge in [-0.05, 0) is 43.3 Å². The zero-order valence-electron chi connectivity index (χ0n) is 8.59. The molecular weight excluding hydrogens is 184 g/mol. The van der Waals surface area contributed by atoms with Crippen LogP contribution in [0, 0.1) is 6.92 Å². The van der Waals surface area contributed by atoms with E-state index in [0.29, 0.717) is 0 Å². The van der Waals surface area contributed by atoms with Crippen molar-refractivity contribution in [1.29, 1.82) is 0 Å². The van der Waals surface area contributed by atoms with Gasteiger partial charge in [-0.2, -0.15) is 0 Å². The molecule has 2 aromatic rings. The third kappa shape index (κ3) is 2.74. The Hall–Kier alpha value is -1.96. The molecular formula is C13H12N2. The first-order chi connectivity index (χ1) is 7.34. The van der Waals surface area contributed by atoms with Crippen LogP contribution in [0.15, 0.2) is 42.6 Å². The summed E-state index contributed by atoms with van der Waals surface area (Å²) in [5.74, 6) is 0. The van der Waals surface area contributed by atoms with Gasteiger partial charge in [0.2, 0.25) is 0 Å². The average Bonchev–Trinajstić information content (AvgIpc) is 2.28. The molecule has 0 spiro atoms. The summed E-state index contributed by atoms with van der Waals surface area (Å²) in [7, 11) is 0. The van der Waals surface area contributed by atoms with E-state index in [1.54, 1.807) is 6.20 Å². The van der Waals surface area contributed by atoms with Gasteiger partial charge in [0.15, 0.2) is 0 Å². The molecule has 0 aliphatic carbocycles. The van der Waals surface area contributed by atoms with Gasteiger partial charge in [-0.1, -0.05) is 12.1 Å². The summed E-state index contributed by atoms with van der Waals surface area (Å²) >= 11 is 0. The normalized spacial score (nSPS) is 10.7. The van der Waals surface area contributed by atoms with Gasteiger partial charge in [-0.15, -0.1) is 0 Å². The summed E-state index contributed by atoms with van der Waals surface area (Å²) in [6, 6.07) is 11.8. The molecule has 2 rings (SSSR count). The quantitative estimate of drug-likeness (QED) is 0.738. The lowest BCUT2D eigenvalue weighted by molar-refractivity contribution is 1.18. The molecule has 15 heavy (non-hydrogen) atoms. The first-order valence-electron chi connectivity index (χ1n) is 4.87. The van der Waals surface area contributed by atoms with E-state index in [9.17, 15) is 0 Å². The van der Waals surface area contributed by atoms with Gasteiger partial charge in [-0.3, -0.25) is 9.97 Å². The first-order valence-corrected chi connectivity index (χ1v) is 4.87. The molecule has 0 atom stereocenters. The fourth-order valence-electron chi connectivity index (χ4n) is 1.30. The third-order valence-corrected chi connectivity index (χ3v) is 2.02. The molecule has 74 valence electrons. The highest BCUT2D eigenvalue weighted by atomic mass is 14.7. The van der Waals surface area contributed by atoms with Crippen molar-refractivity contribution in [2.24, 2.45) is 0 Å². The van der Waals surface area contributed by atoms with Gasteiger partial charge in [-0.25, -0.2) is 0 Å².